The van der Waals surface area contributed by atoms with Gasteiger partial charge in [0.1, 0.15) is 17.1 Å². The number of ether oxygens (including phenoxy) is 1. The summed E-state index contributed by atoms with van der Waals surface area (Å²) in [7, 11) is 0. The van der Waals surface area contributed by atoms with Crippen molar-refractivity contribution in [2.45, 2.75) is 6.61 Å². The van der Waals surface area contributed by atoms with Crippen LogP contribution in [0.15, 0.2) is 35.4 Å². The van der Waals surface area contributed by atoms with Crippen molar-refractivity contribution in [2.75, 3.05) is 0 Å². The molecule has 1 N–H and O–H groups in total. The molecule has 1 aliphatic heterocycles. The van der Waals surface area contributed by atoms with Crippen LogP contribution in [0.4, 0.5) is 0 Å². The second-order valence-corrected chi connectivity index (χ2v) is 5.12. The Balaban J connectivity index is 2.14. The standard InChI is InChI=1S/C13H8N2O2S/c16-13-12-10(14-6-15-13)8-5-17-9-4-2-1-3-7(9)11(8)18-12/h1-4,6H,5H2,(H,14,15,16). The summed E-state index contributed by atoms with van der Waals surface area (Å²) in [5.41, 5.74) is 2.73. The van der Waals surface area contributed by atoms with Crippen molar-refractivity contribution in [3.63, 3.8) is 0 Å². The minimum atomic E-state index is -0.0862. The molecular formula is C13H8N2O2S. The molecule has 0 radical (unpaired) electrons. The molecule has 0 aliphatic carbocycles. The van der Waals surface area contributed by atoms with Gasteiger partial charge in [-0.25, -0.2) is 4.98 Å². The molecule has 5 heteroatoms. The molecule has 1 aliphatic rings. The van der Waals surface area contributed by atoms with Gasteiger partial charge >= 0.3 is 0 Å². The lowest BCUT2D eigenvalue weighted by atomic mass is 10.1. The van der Waals surface area contributed by atoms with Gasteiger partial charge in [-0.3, -0.25) is 4.79 Å². The van der Waals surface area contributed by atoms with Crippen molar-refractivity contribution in [3.8, 4) is 16.2 Å². The highest BCUT2D eigenvalue weighted by Crippen LogP contribution is 2.44. The second-order valence-electron chi connectivity index (χ2n) is 4.10. The van der Waals surface area contributed by atoms with Crippen LogP contribution in [-0.4, -0.2) is 9.97 Å². The minimum Gasteiger partial charge on any atom is -0.488 e. The molecule has 0 saturated heterocycles. The van der Waals surface area contributed by atoms with E-state index in [4.69, 9.17) is 4.74 Å². The average molecular weight is 256 g/mol. The molecule has 1 aromatic carbocycles. The van der Waals surface area contributed by atoms with Crippen LogP contribution < -0.4 is 10.3 Å². The van der Waals surface area contributed by atoms with Crippen LogP contribution in [0.3, 0.4) is 0 Å². The third kappa shape index (κ3) is 1.19. The van der Waals surface area contributed by atoms with Crippen molar-refractivity contribution in [1.29, 1.82) is 0 Å². The van der Waals surface area contributed by atoms with E-state index in [-0.39, 0.29) is 5.56 Å². The number of aromatic nitrogens is 2. The topological polar surface area (TPSA) is 55.0 Å². The predicted octanol–water partition coefficient (Wildman–Crippen LogP) is 2.54. The van der Waals surface area contributed by atoms with Crippen LogP contribution in [0.5, 0.6) is 5.75 Å². The number of fused-ring (bicyclic) bond motifs is 5. The summed E-state index contributed by atoms with van der Waals surface area (Å²) >= 11 is 1.48. The molecule has 0 amide bonds. The van der Waals surface area contributed by atoms with Gasteiger partial charge in [-0.2, -0.15) is 0 Å². The van der Waals surface area contributed by atoms with Gasteiger partial charge in [0.2, 0.25) is 0 Å². The predicted molar refractivity (Wildman–Crippen MR) is 70.0 cm³/mol. The zero-order chi connectivity index (χ0) is 12.1. The average Bonchev–Trinajstić information content (AvgIpc) is 2.79. The molecule has 3 aromatic rings. The quantitative estimate of drug-likeness (QED) is 0.672. The van der Waals surface area contributed by atoms with Crippen LogP contribution in [0.25, 0.3) is 20.7 Å². The molecule has 0 atom stereocenters. The first kappa shape index (κ1) is 9.85. The van der Waals surface area contributed by atoms with Crippen molar-refractivity contribution in [3.05, 3.63) is 46.5 Å². The van der Waals surface area contributed by atoms with Crippen LogP contribution in [-0.2, 0) is 6.61 Å². The molecule has 4 nitrogen and oxygen atoms in total. The van der Waals surface area contributed by atoms with Crippen LogP contribution in [0, 0.1) is 0 Å². The van der Waals surface area contributed by atoms with E-state index in [0.29, 0.717) is 11.3 Å². The first-order valence-electron chi connectivity index (χ1n) is 5.56. The lowest BCUT2D eigenvalue weighted by Crippen LogP contribution is -2.06. The monoisotopic (exact) mass is 256 g/mol. The maximum Gasteiger partial charge on any atom is 0.268 e. The summed E-state index contributed by atoms with van der Waals surface area (Å²) < 4.78 is 6.38. The van der Waals surface area contributed by atoms with E-state index in [9.17, 15) is 4.79 Å². The second kappa shape index (κ2) is 3.43. The highest BCUT2D eigenvalue weighted by atomic mass is 32.1. The van der Waals surface area contributed by atoms with E-state index < -0.39 is 0 Å². The van der Waals surface area contributed by atoms with Crippen molar-refractivity contribution in [2.24, 2.45) is 0 Å². The minimum absolute atomic E-state index is 0.0862. The summed E-state index contributed by atoms with van der Waals surface area (Å²) in [6.45, 7) is 0.475. The number of hydrogen-bond acceptors (Lipinski definition) is 4. The Bertz CT molecular complexity index is 819. The van der Waals surface area contributed by atoms with Crippen molar-refractivity contribution in [1.82, 2.24) is 9.97 Å². The third-order valence-electron chi connectivity index (χ3n) is 3.08. The Kier molecular flexibility index (Phi) is 1.87. The SMILES string of the molecule is O=c1[nH]cnc2c3c(sc12)-c1ccccc1OC3. The fourth-order valence-electron chi connectivity index (χ4n) is 2.25. The molecule has 0 bridgehead atoms. The van der Waals surface area contributed by atoms with Crippen molar-refractivity contribution >= 4 is 21.6 Å². The maximum absolute atomic E-state index is 11.8. The number of H-pyrrole nitrogens is 1. The summed E-state index contributed by atoms with van der Waals surface area (Å²) in [5, 5.41) is 0. The Morgan fingerprint density at radius 2 is 2.22 bits per heavy atom. The van der Waals surface area contributed by atoms with E-state index in [0.717, 1.165) is 27.3 Å². The van der Waals surface area contributed by atoms with Gasteiger partial charge in [0.05, 0.1) is 11.8 Å². The number of nitrogens with zero attached hydrogens (tertiary/aromatic N) is 1. The molecule has 0 saturated carbocycles. The Morgan fingerprint density at radius 1 is 1.33 bits per heavy atom. The molecule has 4 rings (SSSR count). The lowest BCUT2D eigenvalue weighted by molar-refractivity contribution is 0.304. The summed E-state index contributed by atoms with van der Waals surface area (Å²) in [6.07, 6.45) is 1.44. The number of nitrogens with one attached hydrogen (secondary N) is 1. The van der Waals surface area contributed by atoms with Gasteiger partial charge in [0.25, 0.3) is 5.56 Å². The van der Waals surface area contributed by atoms with Gasteiger partial charge in [-0.05, 0) is 12.1 Å². The first-order valence-corrected chi connectivity index (χ1v) is 6.37. The van der Waals surface area contributed by atoms with Crippen LogP contribution >= 0.6 is 11.3 Å². The zero-order valence-electron chi connectivity index (χ0n) is 9.27. The van der Waals surface area contributed by atoms with Gasteiger partial charge in [-0.15, -0.1) is 11.3 Å². The van der Waals surface area contributed by atoms with Gasteiger partial charge in [0.15, 0.2) is 0 Å². The third-order valence-corrected chi connectivity index (χ3v) is 4.33. The fraction of sp³-hybridized carbons (Fsp3) is 0.0769. The molecule has 0 spiro atoms. The maximum atomic E-state index is 11.8. The number of aromatic amines is 1. The van der Waals surface area contributed by atoms with E-state index >= 15 is 0 Å². The first-order chi connectivity index (χ1) is 8.84. The Labute approximate surface area is 106 Å². The molecule has 3 heterocycles. The van der Waals surface area contributed by atoms with E-state index in [1.807, 2.05) is 24.3 Å². The molecule has 88 valence electrons. The summed E-state index contributed by atoms with van der Waals surface area (Å²) in [5.74, 6) is 0.869. The summed E-state index contributed by atoms with van der Waals surface area (Å²) in [4.78, 5) is 19.7. The number of thiophene rings is 1. The normalized spacial score (nSPS) is 12.9. The highest BCUT2D eigenvalue weighted by molar-refractivity contribution is 7.22. The zero-order valence-corrected chi connectivity index (χ0v) is 10.1. The van der Waals surface area contributed by atoms with Gasteiger partial charge in [-0.1, -0.05) is 12.1 Å². The van der Waals surface area contributed by atoms with Crippen LogP contribution in [0.1, 0.15) is 5.56 Å². The molecule has 0 unspecified atom stereocenters. The van der Waals surface area contributed by atoms with E-state index in [2.05, 4.69) is 9.97 Å². The number of hydrogen-bond donors (Lipinski definition) is 1. The Hall–Kier alpha value is -2.14. The van der Waals surface area contributed by atoms with Gasteiger partial charge < -0.3 is 9.72 Å². The Morgan fingerprint density at radius 3 is 3.17 bits per heavy atom. The highest BCUT2D eigenvalue weighted by Gasteiger charge is 2.23. The number of rotatable bonds is 0. The summed E-state index contributed by atoms with van der Waals surface area (Å²) in [6, 6.07) is 7.87. The fourth-order valence-corrected chi connectivity index (χ4v) is 3.44. The van der Waals surface area contributed by atoms with Gasteiger partial charge in [0, 0.05) is 16.0 Å². The van der Waals surface area contributed by atoms with Crippen LogP contribution in [0.2, 0.25) is 0 Å². The molecule has 2 aromatic heterocycles. The van der Waals surface area contributed by atoms with Crippen molar-refractivity contribution < 1.29 is 4.74 Å². The molecule has 0 fully saturated rings. The number of para-hydroxylation sites is 1. The lowest BCUT2D eigenvalue weighted by Gasteiger charge is -2.16. The molecular weight excluding hydrogens is 248 g/mol. The molecule has 18 heavy (non-hydrogen) atoms. The smallest absolute Gasteiger partial charge is 0.268 e. The van der Waals surface area contributed by atoms with E-state index in [1.54, 1.807) is 0 Å². The number of benzene rings is 1. The van der Waals surface area contributed by atoms with E-state index in [1.165, 1.54) is 17.7 Å². The largest absolute Gasteiger partial charge is 0.488 e.